The molecule has 2 atom stereocenters. The predicted molar refractivity (Wildman–Crippen MR) is 97.8 cm³/mol. The third-order valence-corrected chi connectivity index (χ3v) is 5.74. The number of benzene rings is 2. The Morgan fingerprint density at radius 1 is 1.19 bits per heavy atom. The van der Waals surface area contributed by atoms with E-state index in [2.05, 4.69) is 0 Å². The van der Waals surface area contributed by atoms with Crippen molar-refractivity contribution < 1.29 is 18.0 Å². The quantitative estimate of drug-likeness (QED) is 0.740. The van der Waals surface area contributed by atoms with E-state index in [0.29, 0.717) is 16.7 Å². The van der Waals surface area contributed by atoms with Gasteiger partial charge in [-0.05, 0) is 41.9 Å². The molecule has 2 aromatic rings. The summed E-state index contributed by atoms with van der Waals surface area (Å²) in [6.07, 6.45) is 1.14. The molecule has 2 aromatic carbocycles. The molecule has 0 spiro atoms. The fourth-order valence-corrected chi connectivity index (χ4v) is 4.14. The summed E-state index contributed by atoms with van der Waals surface area (Å²) in [6, 6.07) is 12.1. The largest absolute Gasteiger partial charge is 0.369 e. The number of alkyl halides is 2. The van der Waals surface area contributed by atoms with Crippen LogP contribution in [0.25, 0.3) is 11.1 Å². The molecule has 1 fully saturated rings. The fourth-order valence-electron chi connectivity index (χ4n) is 3.71. The normalized spacial score (nSPS) is 22.2. The van der Waals surface area contributed by atoms with Crippen molar-refractivity contribution in [2.24, 2.45) is 11.7 Å². The second-order valence-electron chi connectivity index (χ2n) is 6.65. The van der Waals surface area contributed by atoms with Gasteiger partial charge in [-0.15, -0.1) is 11.8 Å². The van der Waals surface area contributed by atoms with Crippen LogP contribution in [0.2, 0.25) is 0 Å². The van der Waals surface area contributed by atoms with Gasteiger partial charge in [0.1, 0.15) is 5.82 Å². The van der Waals surface area contributed by atoms with Crippen LogP contribution in [0.15, 0.2) is 47.4 Å². The number of thioether (sulfide) groups is 1. The predicted octanol–water partition coefficient (Wildman–Crippen LogP) is 5.22. The maximum Gasteiger partial charge on any atom is 0.249 e. The third-order valence-electron chi connectivity index (χ3n) is 5.02. The Morgan fingerprint density at radius 2 is 1.92 bits per heavy atom. The van der Waals surface area contributed by atoms with E-state index >= 15 is 0 Å². The van der Waals surface area contributed by atoms with Crippen molar-refractivity contribution in [3.63, 3.8) is 0 Å². The number of carbonyl (C=O) groups excluding carboxylic acids is 1. The SMILES string of the molecule is CSc1ccc(-c2ccccc2C2CCC(F)(F)CC2C(N)=O)c(F)c1. The number of nitrogens with two attached hydrogens (primary N) is 1. The van der Waals surface area contributed by atoms with E-state index in [1.807, 2.05) is 12.3 Å². The number of halogens is 3. The van der Waals surface area contributed by atoms with Gasteiger partial charge in [-0.2, -0.15) is 0 Å². The molecule has 2 nitrogen and oxygen atoms in total. The molecule has 0 aromatic heterocycles. The number of carbonyl (C=O) groups is 1. The average molecular weight is 379 g/mol. The van der Waals surface area contributed by atoms with Crippen LogP contribution in [-0.2, 0) is 4.79 Å². The summed E-state index contributed by atoms with van der Waals surface area (Å²) in [7, 11) is 0. The molecule has 6 heteroatoms. The smallest absolute Gasteiger partial charge is 0.249 e. The van der Waals surface area contributed by atoms with Crippen LogP contribution in [0.5, 0.6) is 0 Å². The minimum absolute atomic E-state index is 0.141. The van der Waals surface area contributed by atoms with Crippen LogP contribution in [0, 0.1) is 11.7 Å². The molecule has 2 N–H and O–H groups in total. The summed E-state index contributed by atoms with van der Waals surface area (Å²) in [5.41, 5.74) is 7.15. The van der Waals surface area contributed by atoms with Gasteiger partial charge in [-0.1, -0.05) is 30.3 Å². The molecule has 1 aliphatic rings. The summed E-state index contributed by atoms with van der Waals surface area (Å²) >= 11 is 1.44. The van der Waals surface area contributed by atoms with Crippen LogP contribution < -0.4 is 5.73 Å². The second kappa shape index (κ2) is 7.35. The van der Waals surface area contributed by atoms with Gasteiger partial charge >= 0.3 is 0 Å². The standard InChI is InChI=1S/C20H20F3NOS/c1-26-12-6-7-16(18(21)10-12)14-5-3-2-4-13(14)15-8-9-20(22,23)11-17(15)19(24)25/h2-7,10,15,17H,8-9,11H2,1H3,(H2,24,25). The van der Waals surface area contributed by atoms with Crippen molar-refractivity contribution in [2.75, 3.05) is 6.26 Å². The minimum atomic E-state index is -2.89. The van der Waals surface area contributed by atoms with E-state index < -0.39 is 30.1 Å². The highest BCUT2D eigenvalue weighted by atomic mass is 32.2. The van der Waals surface area contributed by atoms with Gasteiger partial charge in [0.2, 0.25) is 11.8 Å². The first-order valence-corrected chi connectivity index (χ1v) is 9.65. The zero-order valence-electron chi connectivity index (χ0n) is 14.3. The van der Waals surface area contributed by atoms with E-state index in [0.717, 1.165) is 4.90 Å². The molecule has 1 saturated carbocycles. The molecule has 0 saturated heterocycles. The van der Waals surface area contributed by atoms with E-state index in [4.69, 9.17) is 5.73 Å². The molecular weight excluding hydrogens is 359 g/mol. The lowest BCUT2D eigenvalue weighted by molar-refractivity contribution is -0.130. The lowest BCUT2D eigenvalue weighted by Crippen LogP contribution is -2.39. The van der Waals surface area contributed by atoms with Crippen LogP contribution in [0.4, 0.5) is 13.2 Å². The van der Waals surface area contributed by atoms with Crippen molar-refractivity contribution >= 4 is 17.7 Å². The summed E-state index contributed by atoms with van der Waals surface area (Å²) in [5, 5.41) is 0. The van der Waals surface area contributed by atoms with Gasteiger partial charge in [0.15, 0.2) is 0 Å². The Labute approximate surface area is 155 Å². The van der Waals surface area contributed by atoms with Crippen LogP contribution >= 0.6 is 11.8 Å². The van der Waals surface area contributed by atoms with Gasteiger partial charge in [0.05, 0.1) is 5.92 Å². The highest BCUT2D eigenvalue weighted by molar-refractivity contribution is 7.98. The minimum Gasteiger partial charge on any atom is -0.369 e. The molecule has 138 valence electrons. The van der Waals surface area contributed by atoms with Crippen molar-refractivity contribution in [3.05, 3.63) is 53.8 Å². The topological polar surface area (TPSA) is 43.1 Å². The Kier molecular flexibility index (Phi) is 5.32. The number of hydrogen-bond acceptors (Lipinski definition) is 2. The van der Waals surface area contributed by atoms with Crippen molar-refractivity contribution in [2.45, 2.75) is 36.0 Å². The molecule has 2 unspecified atom stereocenters. The first kappa shape index (κ1) is 18.8. The van der Waals surface area contributed by atoms with Gasteiger partial charge in [-0.3, -0.25) is 4.79 Å². The maximum absolute atomic E-state index is 14.6. The van der Waals surface area contributed by atoms with Crippen LogP contribution in [0.3, 0.4) is 0 Å². The van der Waals surface area contributed by atoms with Gasteiger partial charge in [0, 0.05) is 23.3 Å². The lowest BCUT2D eigenvalue weighted by Gasteiger charge is -2.35. The Bertz CT molecular complexity index is 824. The number of hydrogen-bond donors (Lipinski definition) is 1. The van der Waals surface area contributed by atoms with E-state index in [9.17, 15) is 18.0 Å². The van der Waals surface area contributed by atoms with E-state index in [-0.39, 0.29) is 18.7 Å². The summed E-state index contributed by atoms with van der Waals surface area (Å²) in [5.74, 6) is -5.41. The zero-order valence-corrected chi connectivity index (χ0v) is 15.2. The number of amides is 1. The molecular formula is C20H20F3NOS. The molecule has 1 aliphatic carbocycles. The fraction of sp³-hybridized carbons (Fsp3) is 0.350. The summed E-state index contributed by atoms with van der Waals surface area (Å²) in [4.78, 5) is 12.6. The summed E-state index contributed by atoms with van der Waals surface area (Å²) in [6.45, 7) is 0. The number of rotatable bonds is 4. The highest BCUT2D eigenvalue weighted by Gasteiger charge is 2.44. The molecule has 0 bridgehead atoms. The molecule has 0 aliphatic heterocycles. The lowest BCUT2D eigenvalue weighted by atomic mass is 9.72. The summed E-state index contributed by atoms with van der Waals surface area (Å²) < 4.78 is 42.2. The Balaban J connectivity index is 2.06. The molecule has 0 radical (unpaired) electrons. The molecule has 0 heterocycles. The van der Waals surface area contributed by atoms with Gasteiger partial charge in [-0.25, -0.2) is 13.2 Å². The molecule has 26 heavy (non-hydrogen) atoms. The van der Waals surface area contributed by atoms with E-state index in [1.165, 1.54) is 17.8 Å². The first-order chi connectivity index (χ1) is 12.3. The van der Waals surface area contributed by atoms with Crippen molar-refractivity contribution in [1.29, 1.82) is 0 Å². The van der Waals surface area contributed by atoms with Crippen LogP contribution in [0.1, 0.15) is 30.7 Å². The molecule has 1 amide bonds. The third kappa shape index (κ3) is 3.75. The van der Waals surface area contributed by atoms with Crippen molar-refractivity contribution in [1.82, 2.24) is 0 Å². The van der Waals surface area contributed by atoms with E-state index in [1.54, 1.807) is 30.3 Å². The Hall–Kier alpha value is -1.95. The second-order valence-corrected chi connectivity index (χ2v) is 7.53. The highest BCUT2D eigenvalue weighted by Crippen LogP contribution is 2.47. The maximum atomic E-state index is 14.6. The van der Waals surface area contributed by atoms with Crippen molar-refractivity contribution in [3.8, 4) is 11.1 Å². The Morgan fingerprint density at radius 3 is 2.58 bits per heavy atom. The van der Waals surface area contributed by atoms with Gasteiger partial charge < -0.3 is 5.73 Å². The first-order valence-electron chi connectivity index (χ1n) is 8.42. The number of primary amides is 1. The van der Waals surface area contributed by atoms with Crippen LogP contribution in [-0.4, -0.2) is 18.1 Å². The monoisotopic (exact) mass is 379 g/mol. The average Bonchev–Trinajstić information content (AvgIpc) is 2.61. The van der Waals surface area contributed by atoms with Gasteiger partial charge in [0.25, 0.3) is 0 Å². The zero-order chi connectivity index (χ0) is 18.9. The molecule has 3 rings (SSSR count).